The molecular weight excluding hydrogens is 432 g/mol. The molecule has 4 saturated carbocycles. The molecule has 5 aliphatic rings. The van der Waals surface area contributed by atoms with E-state index >= 15 is 0 Å². The molecule has 4 fully saturated rings. The highest BCUT2D eigenvalue weighted by Crippen LogP contribution is 2.77. The summed E-state index contributed by atoms with van der Waals surface area (Å²) in [4.78, 5) is 0. The SMILES string of the molecule is CSCOC1CCC2C(=CCC3C2(C)CCC2(C)C4CCC(C(C)C)C4(C)CCC32C)C1(C)C. The summed E-state index contributed by atoms with van der Waals surface area (Å²) in [6.07, 6.45) is 18.0. The quantitative estimate of drug-likeness (QED) is 0.289. The molecule has 9 atom stereocenters. The zero-order valence-corrected chi connectivity index (χ0v) is 24.7. The number of thioether (sulfide) groups is 1. The van der Waals surface area contributed by atoms with E-state index in [0.29, 0.717) is 27.8 Å². The molecule has 0 aromatic rings. The lowest BCUT2D eigenvalue weighted by molar-refractivity contribution is -0.214. The third-order valence-electron chi connectivity index (χ3n) is 13.6. The van der Waals surface area contributed by atoms with Crippen molar-refractivity contribution in [1.82, 2.24) is 0 Å². The second-order valence-corrected chi connectivity index (χ2v) is 16.0. The summed E-state index contributed by atoms with van der Waals surface area (Å²) in [6.45, 7) is 21.0. The summed E-state index contributed by atoms with van der Waals surface area (Å²) in [5.74, 6) is 5.13. The van der Waals surface area contributed by atoms with E-state index in [4.69, 9.17) is 4.74 Å². The van der Waals surface area contributed by atoms with Crippen LogP contribution in [-0.2, 0) is 4.74 Å². The van der Waals surface area contributed by atoms with Gasteiger partial charge in [-0.05, 0) is 115 Å². The second-order valence-electron chi connectivity index (χ2n) is 15.2. The molecule has 0 saturated heterocycles. The average molecular weight is 487 g/mol. The lowest BCUT2D eigenvalue weighted by Crippen LogP contribution is -2.64. The van der Waals surface area contributed by atoms with E-state index in [1.807, 2.05) is 11.8 Å². The molecule has 2 heteroatoms. The standard InChI is InChI=1S/C32H54OS/c1-21(2)22-10-13-25-29(22,5)16-18-32(8)26-14-11-23-24(30(26,6)17-19-31(25,32)7)12-15-27(28(23,3)4)33-20-34-9/h11,21-22,24-27H,10,12-20H2,1-9H3. The summed E-state index contributed by atoms with van der Waals surface area (Å²) in [5, 5.41) is 0. The molecule has 0 amide bonds. The van der Waals surface area contributed by atoms with Crippen LogP contribution < -0.4 is 0 Å². The summed E-state index contributed by atoms with van der Waals surface area (Å²) in [5.41, 5.74) is 3.96. The number of allylic oxidation sites excluding steroid dienone is 1. The van der Waals surface area contributed by atoms with Crippen LogP contribution in [0.25, 0.3) is 0 Å². The van der Waals surface area contributed by atoms with Crippen LogP contribution >= 0.6 is 11.8 Å². The van der Waals surface area contributed by atoms with Crippen LogP contribution in [0.4, 0.5) is 0 Å². The molecule has 0 bridgehead atoms. The summed E-state index contributed by atoms with van der Waals surface area (Å²) >= 11 is 1.82. The monoisotopic (exact) mass is 486 g/mol. The molecule has 0 aromatic carbocycles. The molecule has 5 aliphatic carbocycles. The maximum Gasteiger partial charge on any atom is 0.0922 e. The van der Waals surface area contributed by atoms with E-state index in [2.05, 4.69) is 67.7 Å². The fraction of sp³-hybridized carbons (Fsp3) is 0.938. The smallest absolute Gasteiger partial charge is 0.0922 e. The van der Waals surface area contributed by atoms with Gasteiger partial charge in [0.15, 0.2) is 0 Å². The van der Waals surface area contributed by atoms with Crippen LogP contribution in [0.1, 0.15) is 113 Å². The number of fused-ring (bicyclic) bond motifs is 7. The number of hydrogen-bond acceptors (Lipinski definition) is 2. The van der Waals surface area contributed by atoms with Crippen molar-refractivity contribution >= 4 is 11.8 Å². The second kappa shape index (κ2) is 8.28. The van der Waals surface area contributed by atoms with Gasteiger partial charge >= 0.3 is 0 Å². The number of rotatable bonds is 4. The number of ether oxygens (including phenoxy) is 1. The Balaban J connectivity index is 1.49. The fourth-order valence-corrected chi connectivity index (χ4v) is 11.9. The predicted molar refractivity (Wildman–Crippen MR) is 148 cm³/mol. The van der Waals surface area contributed by atoms with E-state index in [1.54, 1.807) is 5.57 Å². The predicted octanol–water partition coefficient (Wildman–Crippen LogP) is 9.37. The van der Waals surface area contributed by atoms with Gasteiger partial charge in [-0.3, -0.25) is 0 Å². The van der Waals surface area contributed by atoms with Gasteiger partial charge in [0.2, 0.25) is 0 Å². The Morgan fingerprint density at radius 2 is 1.50 bits per heavy atom. The molecule has 5 rings (SSSR count). The molecule has 9 unspecified atom stereocenters. The molecular formula is C32H54OS. The summed E-state index contributed by atoms with van der Waals surface area (Å²) in [6, 6.07) is 0. The maximum absolute atomic E-state index is 6.40. The van der Waals surface area contributed by atoms with Crippen molar-refractivity contribution in [3.63, 3.8) is 0 Å². The first kappa shape index (κ1) is 25.7. The van der Waals surface area contributed by atoms with Gasteiger partial charge in [0.25, 0.3) is 0 Å². The minimum absolute atomic E-state index is 0.176. The molecule has 0 N–H and O–H groups in total. The highest BCUT2D eigenvalue weighted by atomic mass is 32.2. The van der Waals surface area contributed by atoms with Gasteiger partial charge in [-0.2, -0.15) is 0 Å². The number of hydrogen-bond donors (Lipinski definition) is 0. The summed E-state index contributed by atoms with van der Waals surface area (Å²) in [7, 11) is 0. The van der Waals surface area contributed by atoms with Crippen molar-refractivity contribution in [2.45, 2.75) is 119 Å². The third kappa shape index (κ3) is 3.21. The Morgan fingerprint density at radius 3 is 2.15 bits per heavy atom. The van der Waals surface area contributed by atoms with E-state index in [-0.39, 0.29) is 5.41 Å². The molecule has 0 spiro atoms. The molecule has 1 nitrogen and oxygen atoms in total. The van der Waals surface area contributed by atoms with Gasteiger partial charge in [-0.15, -0.1) is 11.8 Å². The van der Waals surface area contributed by atoms with E-state index in [0.717, 1.165) is 35.5 Å². The Labute approximate surface area is 216 Å². The Hall–Kier alpha value is 0.0500. The Morgan fingerprint density at radius 1 is 0.853 bits per heavy atom. The molecule has 0 heterocycles. The normalized spacial score (nSPS) is 51.8. The van der Waals surface area contributed by atoms with Gasteiger partial charge in [-0.1, -0.05) is 67.0 Å². The van der Waals surface area contributed by atoms with Crippen LogP contribution in [0.5, 0.6) is 0 Å². The molecule has 0 aromatic heterocycles. The molecule has 34 heavy (non-hydrogen) atoms. The highest BCUT2D eigenvalue weighted by molar-refractivity contribution is 7.98. The summed E-state index contributed by atoms with van der Waals surface area (Å²) < 4.78 is 6.40. The van der Waals surface area contributed by atoms with Crippen LogP contribution in [-0.4, -0.2) is 18.3 Å². The first-order valence-corrected chi connectivity index (χ1v) is 16.1. The molecule has 0 radical (unpaired) electrons. The zero-order chi connectivity index (χ0) is 24.7. The van der Waals surface area contributed by atoms with Gasteiger partial charge in [0, 0.05) is 5.41 Å². The first-order valence-electron chi connectivity index (χ1n) is 14.7. The highest BCUT2D eigenvalue weighted by Gasteiger charge is 2.70. The van der Waals surface area contributed by atoms with Crippen molar-refractivity contribution in [3.05, 3.63) is 11.6 Å². The van der Waals surface area contributed by atoms with Crippen LogP contribution in [0.2, 0.25) is 0 Å². The van der Waals surface area contributed by atoms with Crippen molar-refractivity contribution in [2.24, 2.45) is 56.7 Å². The maximum atomic E-state index is 6.40. The van der Waals surface area contributed by atoms with Gasteiger partial charge < -0.3 is 4.74 Å². The van der Waals surface area contributed by atoms with E-state index < -0.39 is 0 Å². The van der Waals surface area contributed by atoms with Crippen molar-refractivity contribution in [2.75, 3.05) is 12.2 Å². The molecule has 0 aliphatic heterocycles. The van der Waals surface area contributed by atoms with Crippen molar-refractivity contribution < 1.29 is 4.74 Å². The van der Waals surface area contributed by atoms with E-state index in [1.165, 1.54) is 57.8 Å². The van der Waals surface area contributed by atoms with E-state index in [9.17, 15) is 0 Å². The zero-order valence-electron chi connectivity index (χ0n) is 23.9. The van der Waals surface area contributed by atoms with Crippen LogP contribution in [0, 0.1) is 56.7 Å². The fourth-order valence-electron chi connectivity index (χ4n) is 11.6. The lowest BCUT2D eigenvalue weighted by atomic mass is 9.33. The third-order valence-corrected chi connectivity index (χ3v) is 14.0. The van der Waals surface area contributed by atoms with Crippen LogP contribution in [0.3, 0.4) is 0 Å². The Kier molecular flexibility index (Phi) is 6.25. The Bertz CT molecular complexity index is 829. The largest absolute Gasteiger partial charge is 0.367 e. The van der Waals surface area contributed by atoms with Crippen molar-refractivity contribution in [3.8, 4) is 0 Å². The van der Waals surface area contributed by atoms with Gasteiger partial charge in [0.05, 0.1) is 12.0 Å². The first-order chi connectivity index (χ1) is 15.9. The van der Waals surface area contributed by atoms with Crippen molar-refractivity contribution in [1.29, 1.82) is 0 Å². The van der Waals surface area contributed by atoms with Gasteiger partial charge in [-0.25, -0.2) is 0 Å². The average Bonchev–Trinajstić information content (AvgIpc) is 3.13. The van der Waals surface area contributed by atoms with Gasteiger partial charge in [0.1, 0.15) is 0 Å². The topological polar surface area (TPSA) is 9.23 Å². The lowest BCUT2D eigenvalue weighted by Gasteiger charge is -2.71. The van der Waals surface area contributed by atoms with Crippen LogP contribution in [0.15, 0.2) is 11.6 Å². The minimum atomic E-state index is 0.176. The minimum Gasteiger partial charge on any atom is -0.367 e. The molecule has 194 valence electrons.